The number of carbonyl (C=O) groups excluding carboxylic acids is 2. The largest absolute Gasteiger partial charge is 0.492 e. The monoisotopic (exact) mass is 458 g/mol. The maximum atomic E-state index is 13.3. The number of aromatic nitrogens is 2. The van der Waals surface area contributed by atoms with Gasteiger partial charge < -0.3 is 10.1 Å². The molecule has 2 rings (SSSR count). The average molecular weight is 459 g/mol. The van der Waals surface area contributed by atoms with Gasteiger partial charge in [-0.15, -0.1) is 0 Å². The van der Waals surface area contributed by atoms with Crippen molar-refractivity contribution in [3.8, 4) is 5.88 Å². The Hall–Kier alpha value is -3.33. The first kappa shape index (κ1) is 25.9. The highest BCUT2D eigenvalue weighted by molar-refractivity contribution is 5.95. The summed E-state index contributed by atoms with van der Waals surface area (Å²) in [6, 6.07) is 8.11. The molecule has 0 spiro atoms. The van der Waals surface area contributed by atoms with E-state index in [2.05, 4.69) is 4.98 Å². The Morgan fingerprint density at radius 2 is 1.88 bits per heavy atom. The Morgan fingerprint density at radius 1 is 1.21 bits per heavy atom. The molecule has 0 fully saturated rings. The molecule has 0 aliphatic carbocycles. The quantitative estimate of drug-likeness (QED) is 0.304. The third-order valence-corrected chi connectivity index (χ3v) is 5.56. The normalized spacial score (nSPS) is 13.3. The van der Waals surface area contributed by atoms with Gasteiger partial charge in [-0.3, -0.25) is 14.8 Å². The maximum Gasteiger partial charge on any atom is 0.348 e. The number of aromatic amines is 1. The SMILES string of the molecule is CC[C@H](C)c1[nH]c(=O)n(N(C(=O)CCC(C)C)[C@@H](CC=Cc2ccccc2)C(=O)NO)c1O. The van der Waals surface area contributed by atoms with Gasteiger partial charge in [-0.25, -0.2) is 15.3 Å². The van der Waals surface area contributed by atoms with Crippen LogP contribution in [-0.2, 0) is 9.59 Å². The molecular weight excluding hydrogens is 424 g/mol. The van der Waals surface area contributed by atoms with Crippen LogP contribution in [0.1, 0.15) is 70.6 Å². The van der Waals surface area contributed by atoms with Crippen LogP contribution in [0.2, 0.25) is 0 Å². The number of amides is 2. The Morgan fingerprint density at radius 3 is 2.45 bits per heavy atom. The van der Waals surface area contributed by atoms with E-state index in [1.165, 1.54) is 0 Å². The standard InChI is InChI=1S/C24H34N4O5/c1-5-17(4)21-23(31)28(24(32)25-21)27(20(29)15-14-16(2)3)19(22(30)26-33)13-9-12-18-10-7-6-8-11-18/h6-12,16-17,19,31,33H,5,13-15H2,1-4H3,(H,25,32)(H,26,30)/t17-,19-/m0/s1. The number of imidazole rings is 1. The van der Waals surface area contributed by atoms with Crippen molar-refractivity contribution in [1.82, 2.24) is 15.1 Å². The minimum atomic E-state index is -1.26. The number of hydroxylamine groups is 1. The van der Waals surface area contributed by atoms with Crippen molar-refractivity contribution < 1.29 is 19.9 Å². The van der Waals surface area contributed by atoms with Gasteiger partial charge in [-0.05, 0) is 30.7 Å². The second kappa shape index (κ2) is 12.1. The van der Waals surface area contributed by atoms with E-state index >= 15 is 0 Å². The molecule has 0 saturated carbocycles. The van der Waals surface area contributed by atoms with Crippen molar-refractivity contribution in [2.24, 2.45) is 5.92 Å². The third kappa shape index (κ3) is 6.58. The lowest BCUT2D eigenvalue weighted by atomic mass is 10.1. The van der Waals surface area contributed by atoms with Gasteiger partial charge in [0.05, 0.1) is 5.69 Å². The highest BCUT2D eigenvalue weighted by atomic mass is 16.5. The summed E-state index contributed by atoms with van der Waals surface area (Å²) in [5.41, 5.74) is 2.03. The summed E-state index contributed by atoms with van der Waals surface area (Å²) in [7, 11) is 0. The molecular formula is C24H34N4O5. The molecule has 0 saturated heterocycles. The molecule has 180 valence electrons. The predicted molar refractivity (Wildman–Crippen MR) is 127 cm³/mol. The molecule has 33 heavy (non-hydrogen) atoms. The van der Waals surface area contributed by atoms with Crippen molar-refractivity contribution in [2.75, 3.05) is 5.01 Å². The lowest BCUT2D eigenvalue weighted by Gasteiger charge is -2.30. The fourth-order valence-electron chi connectivity index (χ4n) is 3.42. The van der Waals surface area contributed by atoms with Gasteiger partial charge in [0.15, 0.2) is 0 Å². The lowest BCUT2D eigenvalue weighted by molar-refractivity contribution is -0.134. The van der Waals surface area contributed by atoms with Crippen LogP contribution >= 0.6 is 0 Å². The predicted octanol–water partition coefficient (Wildman–Crippen LogP) is 3.27. The summed E-state index contributed by atoms with van der Waals surface area (Å²) in [5.74, 6) is -1.77. The molecule has 9 nitrogen and oxygen atoms in total. The molecule has 0 radical (unpaired) electrons. The number of nitrogens with zero attached hydrogens (tertiary/aromatic N) is 2. The van der Waals surface area contributed by atoms with E-state index in [-0.39, 0.29) is 30.4 Å². The molecule has 2 amide bonds. The van der Waals surface area contributed by atoms with Crippen LogP contribution in [0, 0.1) is 5.92 Å². The van der Waals surface area contributed by atoms with Gasteiger partial charge in [0.25, 0.3) is 5.91 Å². The highest BCUT2D eigenvalue weighted by Crippen LogP contribution is 2.26. The molecule has 0 unspecified atom stereocenters. The smallest absolute Gasteiger partial charge is 0.348 e. The molecule has 1 heterocycles. The van der Waals surface area contributed by atoms with Crippen LogP contribution < -0.4 is 16.2 Å². The van der Waals surface area contributed by atoms with Crippen LogP contribution in [0.25, 0.3) is 6.08 Å². The van der Waals surface area contributed by atoms with Gasteiger partial charge in [0.2, 0.25) is 11.8 Å². The van der Waals surface area contributed by atoms with E-state index in [1.807, 2.05) is 58.0 Å². The second-order valence-corrected chi connectivity index (χ2v) is 8.50. The maximum absolute atomic E-state index is 13.3. The number of aromatic hydroxyl groups is 1. The number of benzene rings is 1. The summed E-state index contributed by atoms with van der Waals surface area (Å²) in [6.07, 6.45) is 4.70. The number of hydrogen-bond donors (Lipinski definition) is 4. The summed E-state index contributed by atoms with van der Waals surface area (Å²) in [6.45, 7) is 7.65. The van der Waals surface area contributed by atoms with Gasteiger partial charge in [-0.2, -0.15) is 4.68 Å². The van der Waals surface area contributed by atoms with Crippen LogP contribution in [-0.4, -0.2) is 37.8 Å². The minimum absolute atomic E-state index is 0.00440. The zero-order valence-electron chi connectivity index (χ0n) is 19.6. The van der Waals surface area contributed by atoms with E-state index in [0.717, 1.165) is 15.2 Å². The number of H-pyrrole nitrogens is 1. The Balaban J connectivity index is 2.52. The van der Waals surface area contributed by atoms with Crippen molar-refractivity contribution in [3.63, 3.8) is 0 Å². The van der Waals surface area contributed by atoms with E-state index in [1.54, 1.807) is 17.6 Å². The second-order valence-electron chi connectivity index (χ2n) is 8.50. The average Bonchev–Trinajstić information content (AvgIpc) is 3.10. The fraction of sp³-hybridized carbons (Fsp3) is 0.458. The number of nitrogens with one attached hydrogen (secondary N) is 2. The van der Waals surface area contributed by atoms with Crippen LogP contribution in [0.5, 0.6) is 5.88 Å². The Labute approximate surface area is 193 Å². The van der Waals surface area contributed by atoms with Gasteiger partial charge in [-0.1, -0.05) is 70.2 Å². The van der Waals surface area contributed by atoms with Crippen LogP contribution in [0.4, 0.5) is 0 Å². The van der Waals surface area contributed by atoms with Crippen molar-refractivity contribution in [1.29, 1.82) is 0 Å². The molecule has 4 N–H and O–H groups in total. The molecule has 1 aromatic heterocycles. The van der Waals surface area contributed by atoms with E-state index in [9.17, 15) is 24.7 Å². The number of carbonyl (C=O) groups is 2. The number of rotatable bonds is 11. The molecule has 2 aromatic rings. The molecule has 0 aliphatic heterocycles. The lowest BCUT2D eigenvalue weighted by Crippen LogP contribution is -2.57. The Kier molecular flexibility index (Phi) is 9.47. The van der Waals surface area contributed by atoms with Gasteiger partial charge >= 0.3 is 5.69 Å². The van der Waals surface area contributed by atoms with Crippen LogP contribution in [0.15, 0.2) is 41.2 Å². The first-order valence-electron chi connectivity index (χ1n) is 11.2. The molecule has 2 atom stereocenters. The van der Waals surface area contributed by atoms with Gasteiger partial charge in [0.1, 0.15) is 6.04 Å². The Bertz CT molecular complexity index is 1010. The summed E-state index contributed by atoms with van der Waals surface area (Å²) in [5, 5.41) is 21.2. The van der Waals surface area contributed by atoms with Crippen molar-refractivity contribution in [2.45, 2.75) is 65.3 Å². The minimum Gasteiger partial charge on any atom is -0.492 e. The zero-order chi connectivity index (χ0) is 24.5. The number of hydrogen-bond acceptors (Lipinski definition) is 5. The highest BCUT2D eigenvalue weighted by Gasteiger charge is 2.34. The van der Waals surface area contributed by atoms with E-state index in [0.29, 0.717) is 12.8 Å². The summed E-state index contributed by atoms with van der Waals surface area (Å²) >= 11 is 0. The topological polar surface area (TPSA) is 128 Å². The molecule has 9 heteroatoms. The summed E-state index contributed by atoms with van der Waals surface area (Å²) in [4.78, 5) is 41.3. The van der Waals surface area contributed by atoms with Crippen molar-refractivity contribution >= 4 is 17.9 Å². The van der Waals surface area contributed by atoms with E-state index < -0.39 is 29.4 Å². The van der Waals surface area contributed by atoms with Gasteiger partial charge in [0, 0.05) is 12.3 Å². The van der Waals surface area contributed by atoms with Crippen LogP contribution in [0.3, 0.4) is 0 Å². The van der Waals surface area contributed by atoms with Crippen molar-refractivity contribution in [3.05, 3.63) is 58.1 Å². The zero-order valence-corrected chi connectivity index (χ0v) is 19.6. The third-order valence-electron chi connectivity index (χ3n) is 5.56. The summed E-state index contributed by atoms with van der Waals surface area (Å²) < 4.78 is 0.806. The first-order chi connectivity index (χ1) is 15.7. The molecule has 0 bridgehead atoms. The van der Waals surface area contributed by atoms with E-state index in [4.69, 9.17) is 0 Å². The molecule has 0 aliphatic rings. The first-order valence-corrected chi connectivity index (χ1v) is 11.2. The molecule has 1 aromatic carbocycles. The fourth-order valence-corrected chi connectivity index (χ4v) is 3.42.